The summed E-state index contributed by atoms with van der Waals surface area (Å²) in [6.07, 6.45) is 0. The number of rotatable bonds is 5. The second kappa shape index (κ2) is 7.18. The predicted octanol–water partition coefficient (Wildman–Crippen LogP) is 1.47. The van der Waals surface area contributed by atoms with Gasteiger partial charge in [-0.2, -0.15) is 0 Å². The number of hydrogen-bond acceptors (Lipinski definition) is 4. The van der Waals surface area contributed by atoms with Crippen LogP contribution in [0.1, 0.15) is 24.1 Å². The first-order chi connectivity index (χ1) is 9.65. The van der Waals surface area contributed by atoms with E-state index in [-0.39, 0.29) is 0 Å². The molecule has 0 saturated carbocycles. The van der Waals surface area contributed by atoms with Crippen LogP contribution in [0.2, 0.25) is 0 Å². The molecular weight excluding hydrogens is 250 g/mol. The molecule has 112 valence electrons. The normalized spacial score (nSPS) is 22.9. The number of nitrogens with zero attached hydrogens (tertiary/aromatic N) is 2. The number of piperazine rings is 1. The minimum absolute atomic E-state index is 0.315. The van der Waals surface area contributed by atoms with Gasteiger partial charge < -0.3 is 15.4 Å². The molecule has 0 radical (unpaired) electrons. The molecule has 4 heteroatoms. The smallest absolute Gasteiger partial charge is 0.0713 e. The molecule has 1 aromatic carbocycles. The average molecular weight is 277 g/mol. The summed E-state index contributed by atoms with van der Waals surface area (Å²) in [6.45, 7) is 6.92. The minimum atomic E-state index is 0.315. The Morgan fingerprint density at radius 2 is 2.00 bits per heavy atom. The van der Waals surface area contributed by atoms with Gasteiger partial charge >= 0.3 is 0 Å². The van der Waals surface area contributed by atoms with Crippen LogP contribution in [0.3, 0.4) is 0 Å². The van der Waals surface area contributed by atoms with Gasteiger partial charge in [0.2, 0.25) is 0 Å². The summed E-state index contributed by atoms with van der Waals surface area (Å²) >= 11 is 0. The monoisotopic (exact) mass is 277 g/mol. The molecule has 2 atom stereocenters. The van der Waals surface area contributed by atoms with Gasteiger partial charge in [-0.15, -0.1) is 0 Å². The molecule has 1 saturated heterocycles. The molecule has 1 aliphatic heterocycles. The number of methoxy groups -OCH3 is 1. The fraction of sp³-hybridized carbons (Fsp3) is 0.625. The average Bonchev–Trinajstić information content (AvgIpc) is 2.44. The lowest BCUT2D eigenvalue weighted by atomic mass is 10.0. The molecular formula is C16H27N3O. The van der Waals surface area contributed by atoms with E-state index in [4.69, 9.17) is 10.5 Å². The van der Waals surface area contributed by atoms with E-state index in [1.807, 2.05) is 0 Å². The third kappa shape index (κ3) is 3.58. The van der Waals surface area contributed by atoms with Gasteiger partial charge in [0, 0.05) is 45.4 Å². The fourth-order valence-corrected chi connectivity index (χ4v) is 3.08. The number of hydrogen-bond donors (Lipinski definition) is 1. The predicted molar refractivity (Wildman–Crippen MR) is 82.6 cm³/mol. The van der Waals surface area contributed by atoms with E-state index < -0.39 is 0 Å². The molecule has 1 heterocycles. The largest absolute Gasteiger partial charge is 0.380 e. The standard InChI is InChI=1S/C16H27N3O/c1-13-11-18(2)8-9-19(13)16(10-17)15-6-4-14(5-7-15)12-20-3/h4-7,13,16H,8-12,17H2,1-3H3. The first-order valence-corrected chi connectivity index (χ1v) is 7.37. The van der Waals surface area contributed by atoms with E-state index >= 15 is 0 Å². The topological polar surface area (TPSA) is 41.7 Å². The summed E-state index contributed by atoms with van der Waals surface area (Å²) in [5.74, 6) is 0. The Labute approximate surface area is 122 Å². The highest BCUT2D eigenvalue weighted by Crippen LogP contribution is 2.24. The van der Waals surface area contributed by atoms with Crippen LogP contribution in [0, 0.1) is 0 Å². The Hall–Kier alpha value is -0.940. The van der Waals surface area contributed by atoms with Crippen LogP contribution >= 0.6 is 0 Å². The molecule has 1 fully saturated rings. The molecule has 2 N–H and O–H groups in total. The maximum absolute atomic E-state index is 6.05. The summed E-state index contributed by atoms with van der Waals surface area (Å²) in [5.41, 5.74) is 8.57. The Bertz CT molecular complexity index is 407. The second-order valence-corrected chi connectivity index (χ2v) is 5.78. The molecule has 0 bridgehead atoms. The van der Waals surface area contributed by atoms with Crippen molar-refractivity contribution in [2.45, 2.75) is 25.6 Å². The van der Waals surface area contributed by atoms with Gasteiger partial charge in [0.05, 0.1) is 6.61 Å². The van der Waals surface area contributed by atoms with Gasteiger partial charge in [-0.3, -0.25) is 4.90 Å². The van der Waals surface area contributed by atoms with E-state index in [9.17, 15) is 0 Å². The maximum Gasteiger partial charge on any atom is 0.0713 e. The van der Waals surface area contributed by atoms with E-state index in [1.54, 1.807) is 7.11 Å². The highest BCUT2D eigenvalue weighted by molar-refractivity contribution is 5.25. The number of benzene rings is 1. The second-order valence-electron chi connectivity index (χ2n) is 5.78. The minimum Gasteiger partial charge on any atom is -0.380 e. The van der Waals surface area contributed by atoms with Crippen LogP contribution in [0.4, 0.5) is 0 Å². The van der Waals surface area contributed by atoms with Crippen LogP contribution in [0.25, 0.3) is 0 Å². The summed E-state index contributed by atoms with van der Waals surface area (Å²) < 4.78 is 5.16. The number of likely N-dealkylation sites (N-methyl/N-ethyl adjacent to an activating group) is 1. The van der Waals surface area contributed by atoms with Crippen LogP contribution in [0.5, 0.6) is 0 Å². The zero-order valence-electron chi connectivity index (χ0n) is 12.9. The Morgan fingerprint density at radius 1 is 1.30 bits per heavy atom. The van der Waals surface area contributed by atoms with Gasteiger partial charge in [0.1, 0.15) is 0 Å². The third-order valence-electron chi connectivity index (χ3n) is 4.18. The van der Waals surface area contributed by atoms with Crippen molar-refractivity contribution in [1.29, 1.82) is 0 Å². The van der Waals surface area contributed by atoms with E-state index in [0.29, 0.717) is 25.2 Å². The van der Waals surface area contributed by atoms with Crippen molar-refractivity contribution in [3.8, 4) is 0 Å². The fourth-order valence-electron chi connectivity index (χ4n) is 3.08. The zero-order chi connectivity index (χ0) is 14.5. The van der Waals surface area contributed by atoms with Crippen molar-refractivity contribution in [2.75, 3.05) is 40.3 Å². The number of nitrogens with two attached hydrogens (primary N) is 1. The maximum atomic E-state index is 6.05. The van der Waals surface area contributed by atoms with Gasteiger partial charge in [0.25, 0.3) is 0 Å². The Kier molecular flexibility index (Phi) is 5.54. The van der Waals surface area contributed by atoms with Gasteiger partial charge in [0.15, 0.2) is 0 Å². The van der Waals surface area contributed by atoms with Gasteiger partial charge in [-0.05, 0) is 25.1 Å². The van der Waals surface area contributed by atoms with Crippen molar-refractivity contribution < 1.29 is 4.74 Å². The molecule has 1 aliphatic rings. The molecule has 0 aromatic heterocycles. The lowest BCUT2D eigenvalue weighted by Gasteiger charge is -2.42. The third-order valence-corrected chi connectivity index (χ3v) is 4.18. The molecule has 0 spiro atoms. The van der Waals surface area contributed by atoms with Gasteiger partial charge in [-0.25, -0.2) is 0 Å². The lowest BCUT2D eigenvalue weighted by Crippen LogP contribution is -2.52. The highest BCUT2D eigenvalue weighted by atomic mass is 16.5. The van der Waals surface area contributed by atoms with E-state index in [0.717, 1.165) is 19.6 Å². The number of ether oxygens (including phenoxy) is 1. The zero-order valence-corrected chi connectivity index (χ0v) is 12.9. The Morgan fingerprint density at radius 3 is 2.55 bits per heavy atom. The van der Waals surface area contributed by atoms with Crippen LogP contribution < -0.4 is 5.73 Å². The van der Waals surface area contributed by atoms with Crippen molar-refractivity contribution >= 4 is 0 Å². The molecule has 1 aromatic rings. The van der Waals surface area contributed by atoms with Gasteiger partial charge in [-0.1, -0.05) is 24.3 Å². The van der Waals surface area contributed by atoms with E-state index in [1.165, 1.54) is 11.1 Å². The van der Waals surface area contributed by atoms with Crippen molar-refractivity contribution in [2.24, 2.45) is 5.73 Å². The van der Waals surface area contributed by atoms with Crippen molar-refractivity contribution in [3.63, 3.8) is 0 Å². The molecule has 20 heavy (non-hydrogen) atoms. The molecule has 4 nitrogen and oxygen atoms in total. The van der Waals surface area contributed by atoms with Crippen LogP contribution in [0.15, 0.2) is 24.3 Å². The molecule has 0 aliphatic carbocycles. The SMILES string of the molecule is COCc1ccc(C(CN)N2CCN(C)CC2C)cc1. The summed E-state index contributed by atoms with van der Waals surface area (Å²) in [7, 11) is 3.91. The molecule has 0 amide bonds. The van der Waals surface area contributed by atoms with Crippen LogP contribution in [-0.2, 0) is 11.3 Å². The molecule has 2 unspecified atom stereocenters. The highest BCUT2D eigenvalue weighted by Gasteiger charge is 2.28. The van der Waals surface area contributed by atoms with E-state index in [2.05, 4.69) is 48.0 Å². The van der Waals surface area contributed by atoms with Crippen molar-refractivity contribution in [3.05, 3.63) is 35.4 Å². The molecule has 2 rings (SSSR count). The quantitative estimate of drug-likeness (QED) is 0.885. The van der Waals surface area contributed by atoms with Crippen molar-refractivity contribution in [1.82, 2.24) is 9.80 Å². The summed E-state index contributed by atoms with van der Waals surface area (Å²) in [4.78, 5) is 4.92. The summed E-state index contributed by atoms with van der Waals surface area (Å²) in [5, 5.41) is 0. The Balaban J connectivity index is 2.10. The summed E-state index contributed by atoms with van der Waals surface area (Å²) in [6, 6.07) is 9.52. The first-order valence-electron chi connectivity index (χ1n) is 7.37. The van der Waals surface area contributed by atoms with Crippen LogP contribution in [-0.4, -0.2) is 56.2 Å². The lowest BCUT2D eigenvalue weighted by molar-refractivity contribution is 0.0635. The first kappa shape index (κ1) is 15.4.